The Morgan fingerprint density at radius 2 is 1.95 bits per heavy atom. The fourth-order valence-corrected chi connectivity index (χ4v) is 2.96. The molecule has 0 radical (unpaired) electrons. The summed E-state index contributed by atoms with van der Waals surface area (Å²) in [7, 11) is 2.16. The van der Waals surface area contributed by atoms with Crippen LogP contribution in [0.2, 0.25) is 0 Å². The van der Waals surface area contributed by atoms with Gasteiger partial charge in [-0.1, -0.05) is 0 Å². The number of nitrogen functional groups attached to an aromatic ring is 1. The molecule has 2 fully saturated rings. The molecule has 20 heavy (non-hydrogen) atoms. The van der Waals surface area contributed by atoms with Gasteiger partial charge in [0.2, 0.25) is 17.8 Å². The molecular weight excluding hydrogens is 254 g/mol. The van der Waals surface area contributed by atoms with Crippen molar-refractivity contribution in [2.24, 2.45) is 0 Å². The first kappa shape index (κ1) is 13.4. The van der Waals surface area contributed by atoms with E-state index in [2.05, 4.69) is 37.1 Å². The average molecular weight is 277 g/mol. The Morgan fingerprint density at radius 1 is 1.15 bits per heavy atom. The summed E-state index contributed by atoms with van der Waals surface area (Å²) in [5, 5.41) is 3.31. The summed E-state index contributed by atoms with van der Waals surface area (Å²) in [5.41, 5.74) is 5.80. The zero-order valence-corrected chi connectivity index (χ0v) is 12.0. The molecule has 0 aliphatic carbocycles. The second-order valence-electron chi connectivity index (χ2n) is 5.67. The standard InChI is InChI=1S/C13H23N7/c1-19-6-4-5-10(19)9-15-12-16-11(14)17-13(18-12)20-7-2-3-8-20/h10H,2-9H2,1H3,(H3,14,15,16,17,18). The third kappa shape index (κ3) is 2.92. The van der Waals surface area contributed by atoms with Crippen molar-refractivity contribution in [3.05, 3.63) is 0 Å². The van der Waals surface area contributed by atoms with Crippen LogP contribution < -0.4 is 16.0 Å². The van der Waals surface area contributed by atoms with E-state index in [1.54, 1.807) is 0 Å². The van der Waals surface area contributed by atoms with E-state index in [4.69, 9.17) is 5.73 Å². The van der Waals surface area contributed by atoms with Crippen LogP contribution in [0.4, 0.5) is 17.8 Å². The van der Waals surface area contributed by atoms with Gasteiger partial charge < -0.3 is 20.9 Å². The van der Waals surface area contributed by atoms with E-state index in [0.29, 0.717) is 23.9 Å². The Balaban J connectivity index is 1.66. The highest BCUT2D eigenvalue weighted by Gasteiger charge is 2.21. The van der Waals surface area contributed by atoms with Crippen molar-refractivity contribution >= 4 is 17.8 Å². The molecule has 7 nitrogen and oxygen atoms in total. The molecule has 0 spiro atoms. The van der Waals surface area contributed by atoms with Gasteiger partial charge in [-0.05, 0) is 39.3 Å². The summed E-state index contributed by atoms with van der Waals surface area (Å²) in [6.07, 6.45) is 4.88. The maximum Gasteiger partial charge on any atom is 0.231 e. The first-order valence-corrected chi connectivity index (χ1v) is 7.43. The summed E-state index contributed by atoms with van der Waals surface area (Å²) < 4.78 is 0. The molecule has 7 heteroatoms. The van der Waals surface area contributed by atoms with E-state index in [9.17, 15) is 0 Å². The summed E-state index contributed by atoms with van der Waals surface area (Å²) in [6.45, 7) is 4.05. The van der Waals surface area contributed by atoms with Gasteiger partial charge in [0, 0.05) is 25.7 Å². The molecule has 110 valence electrons. The topological polar surface area (TPSA) is 83.2 Å². The molecule has 2 aliphatic rings. The predicted octanol–water partition coefficient (Wildman–Crippen LogP) is 0.560. The second kappa shape index (κ2) is 5.78. The minimum atomic E-state index is 0.296. The van der Waals surface area contributed by atoms with E-state index in [1.165, 1.54) is 32.2 Å². The van der Waals surface area contributed by atoms with Gasteiger partial charge in [0.25, 0.3) is 0 Å². The number of nitrogens with zero attached hydrogens (tertiary/aromatic N) is 5. The Hall–Kier alpha value is -1.63. The van der Waals surface area contributed by atoms with Crippen LogP contribution in [-0.4, -0.2) is 59.1 Å². The highest BCUT2D eigenvalue weighted by Crippen LogP contribution is 2.19. The van der Waals surface area contributed by atoms with E-state index in [-0.39, 0.29) is 0 Å². The maximum absolute atomic E-state index is 5.80. The van der Waals surface area contributed by atoms with Crippen molar-refractivity contribution in [2.75, 3.05) is 49.2 Å². The van der Waals surface area contributed by atoms with Crippen LogP contribution in [0.25, 0.3) is 0 Å². The number of likely N-dealkylation sites (tertiary alicyclic amines) is 1. The first-order valence-electron chi connectivity index (χ1n) is 7.43. The number of nitrogens with one attached hydrogen (secondary N) is 1. The van der Waals surface area contributed by atoms with Crippen LogP contribution in [0.3, 0.4) is 0 Å². The summed E-state index contributed by atoms with van der Waals surface area (Å²) in [5.74, 6) is 1.60. The Morgan fingerprint density at radius 3 is 2.65 bits per heavy atom. The van der Waals surface area contributed by atoms with Gasteiger partial charge in [0.05, 0.1) is 0 Å². The number of anilines is 3. The monoisotopic (exact) mass is 277 g/mol. The van der Waals surface area contributed by atoms with E-state index in [0.717, 1.165) is 19.6 Å². The minimum Gasteiger partial charge on any atom is -0.368 e. The fourth-order valence-electron chi connectivity index (χ4n) is 2.96. The lowest BCUT2D eigenvalue weighted by Crippen LogP contribution is -2.32. The molecule has 3 N–H and O–H groups in total. The molecule has 1 aromatic heterocycles. The number of rotatable bonds is 4. The lowest BCUT2D eigenvalue weighted by atomic mass is 10.2. The quantitative estimate of drug-likeness (QED) is 0.832. The normalized spacial score (nSPS) is 23.4. The van der Waals surface area contributed by atoms with Crippen LogP contribution >= 0.6 is 0 Å². The highest BCUT2D eigenvalue weighted by molar-refractivity contribution is 5.42. The zero-order chi connectivity index (χ0) is 13.9. The Bertz CT molecular complexity index is 458. The van der Waals surface area contributed by atoms with Gasteiger partial charge in [-0.3, -0.25) is 0 Å². The molecule has 0 aromatic carbocycles. The number of hydrogen-bond donors (Lipinski definition) is 2. The van der Waals surface area contributed by atoms with E-state index >= 15 is 0 Å². The van der Waals surface area contributed by atoms with Crippen LogP contribution in [0, 0.1) is 0 Å². The molecule has 3 heterocycles. The lowest BCUT2D eigenvalue weighted by molar-refractivity contribution is 0.322. The third-order valence-electron chi connectivity index (χ3n) is 4.20. The van der Waals surface area contributed by atoms with Crippen molar-refractivity contribution in [3.8, 4) is 0 Å². The Labute approximate surface area is 119 Å². The number of hydrogen-bond acceptors (Lipinski definition) is 7. The summed E-state index contributed by atoms with van der Waals surface area (Å²) in [6, 6.07) is 0.559. The summed E-state index contributed by atoms with van der Waals surface area (Å²) in [4.78, 5) is 17.5. The first-order chi connectivity index (χ1) is 9.72. The van der Waals surface area contributed by atoms with Gasteiger partial charge in [-0.15, -0.1) is 0 Å². The van der Waals surface area contributed by atoms with Gasteiger partial charge in [0.1, 0.15) is 0 Å². The van der Waals surface area contributed by atoms with Crippen molar-refractivity contribution < 1.29 is 0 Å². The molecule has 1 aromatic rings. The van der Waals surface area contributed by atoms with Crippen molar-refractivity contribution in [1.82, 2.24) is 19.9 Å². The maximum atomic E-state index is 5.80. The van der Waals surface area contributed by atoms with Crippen molar-refractivity contribution in [3.63, 3.8) is 0 Å². The molecule has 2 saturated heterocycles. The smallest absolute Gasteiger partial charge is 0.231 e. The van der Waals surface area contributed by atoms with E-state index in [1.807, 2.05) is 0 Å². The number of nitrogens with two attached hydrogens (primary N) is 1. The second-order valence-corrected chi connectivity index (χ2v) is 5.67. The highest BCUT2D eigenvalue weighted by atomic mass is 15.3. The van der Waals surface area contributed by atoms with Crippen molar-refractivity contribution in [1.29, 1.82) is 0 Å². The molecule has 1 unspecified atom stereocenters. The summed E-state index contributed by atoms with van der Waals surface area (Å²) >= 11 is 0. The third-order valence-corrected chi connectivity index (χ3v) is 4.20. The molecule has 0 amide bonds. The SMILES string of the molecule is CN1CCCC1CNc1nc(N)nc(N2CCCC2)n1. The fraction of sp³-hybridized carbons (Fsp3) is 0.769. The van der Waals surface area contributed by atoms with Crippen LogP contribution in [0.15, 0.2) is 0 Å². The molecule has 1 atom stereocenters. The average Bonchev–Trinajstić information content (AvgIpc) is 3.07. The molecular formula is C13H23N7. The van der Waals surface area contributed by atoms with Crippen LogP contribution in [0.5, 0.6) is 0 Å². The van der Waals surface area contributed by atoms with Crippen LogP contribution in [0.1, 0.15) is 25.7 Å². The lowest BCUT2D eigenvalue weighted by Gasteiger charge is -2.20. The van der Waals surface area contributed by atoms with Gasteiger partial charge in [-0.2, -0.15) is 15.0 Å². The molecule has 0 saturated carbocycles. The molecule has 3 rings (SSSR count). The number of aromatic nitrogens is 3. The molecule has 0 bridgehead atoms. The zero-order valence-electron chi connectivity index (χ0n) is 12.0. The van der Waals surface area contributed by atoms with Crippen molar-refractivity contribution in [2.45, 2.75) is 31.7 Å². The number of likely N-dealkylation sites (N-methyl/N-ethyl adjacent to an activating group) is 1. The minimum absolute atomic E-state index is 0.296. The van der Waals surface area contributed by atoms with Crippen LogP contribution in [-0.2, 0) is 0 Å². The Kier molecular flexibility index (Phi) is 3.86. The van der Waals surface area contributed by atoms with Gasteiger partial charge >= 0.3 is 0 Å². The molecule has 2 aliphatic heterocycles. The predicted molar refractivity (Wildman–Crippen MR) is 79.8 cm³/mol. The van der Waals surface area contributed by atoms with Gasteiger partial charge in [0.15, 0.2) is 0 Å². The van der Waals surface area contributed by atoms with E-state index < -0.39 is 0 Å². The largest absolute Gasteiger partial charge is 0.368 e. The van der Waals surface area contributed by atoms with Gasteiger partial charge in [-0.25, -0.2) is 0 Å².